The third kappa shape index (κ3) is 3.99. The second kappa shape index (κ2) is 4.68. The van der Waals surface area contributed by atoms with E-state index in [-0.39, 0.29) is 5.75 Å². The summed E-state index contributed by atoms with van der Waals surface area (Å²) in [5, 5.41) is 0. The Morgan fingerprint density at radius 1 is 1.50 bits per heavy atom. The van der Waals surface area contributed by atoms with Gasteiger partial charge in [0.15, 0.2) is 0 Å². The first kappa shape index (κ1) is 11.4. The van der Waals surface area contributed by atoms with Crippen molar-refractivity contribution in [3.05, 3.63) is 29.8 Å². The number of benzene rings is 1. The van der Waals surface area contributed by atoms with Gasteiger partial charge in [0.25, 0.3) is 0 Å². The van der Waals surface area contributed by atoms with Crippen molar-refractivity contribution >= 4 is 19.9 Å². The number of methoxy groups -OCH3 is 1. The molecule has 14 heavy (non-hydrogen) atoms. The molecule has 4 nitrogen and oxygen atoms in total. The summed E-state index contributed by atoms with van der Waals surface area (Å²) in [6, 6.07) is 7.01. The Balaban J connectivity index is 2.68. The molecule has 0 radical (unpaired) electrons. The average Bonchev–Trinajstić information content (AvgIpc) is 2.14. The zero-order valence-electron chi connectivity index (χ0n) is 7.50. The van der Waals surface area contributed by atoms with E-state index < -0.39 is 9.15 Å². The van der Waals surface area contributed by atoms with Crippen LogP contribution in [0.1, 0.15) is 5.56 Å². The lowest BCUT2D eigenvalue weighted by Gasteiger charge is -2.02. The summed E-state index contributed by atoms with van der Waals surface area (Å²) in [6.45, 7) is 0. The maximum atomic E-state index is 10.4. The monoisotopic (exact) mass is 234 g/mol. The minimum atomic E-state index is -3.97. The molecule has 1 aromatic rings. The van der Waals surface area contributed by atoms with Crippen LogP contribution >= 0.6 is 10.8 Å². The number of hydrogen-bond donors (Lipinski definition) is 1. The molecule has 1 rings (SSSR count). The Bertz CT molecular complexity index is 400. The SMILES string of the molecule is COc1cccc(CSS(=O)(=O)O)c1. The highest BCUT2D eigenvalue weighted by Crippen LogP contribution is 2.20. The molecular formula is C8H10O4S2. The minimum Gasteiger partial charge on any atom is -0.497 e. The molecule has 1 N–H and O–H groups in total. The fourth-order valence-corrected chi connectivity index (χ4v) is 2.22. The highest BCUT2D eigenvalue weighted by Gasteiger charge is 2.05. The zero-order chi connectivity index (χ0) is 10.6. The predicted molar refractivity (Wildman–Crippen MR) is 55.8 cm³/mol. The van der Waals surface area contributed by atoms with Crippen LogP contribution in [0, 0.1) is 0 Å². The van der Waals surface area contributed by atoms with Crippen LogP contribution in [0.3, 0.4) is 0 Å². The molecule has 0 saturated carbocycles. The maximum Gasteiger partial charge on any atom is 0.320 e. The van der Waals surface area contributed by atoms with E-state index in [1.807, 2.05) is 0 Å². The highest BCUT2D eigenvalue weighted by atomic mass is 33.1. The van der Waals surface area contributed by atoms with Crippen LogP contribution in [0.25, 0.3) is 0 Å². The molecule has 0 bridgehead atoms. The lowest BCUT2D eigenvalue weighted by Crippen LogP contribution is -1.91. The molecule has 0 saturated heterocycles. The van der Waals surface area contributed by atoms with E-state index in [0.717, 1.165) is 5.56 Å². The second-order valence-electron chi connectivity index (χ2n) is 2.54. The van der Waals surface area contributed by atoms with Crippen molar-refractivity contribution in [3.63, 3.8) is 0 Å². The standard InChI is InChI=1S/C8H10O4S2/c1-12-8-4-2-3-7(5-8)6-13-14(9,10)11/h2-5H,6H2,1H3,(H,9,10,11). The van der Waals surface area contributed by atoms with E-state index >= 15 is 0 Å². The van der Waals surface area contributed by atoms with Crippen molar-refractivity contribution in [3.8, 4) is 5.75 Å². The van der Waals surface area contributed by atoms with Gasteiger partial charge in [-0.05, 0) is 17.7 Å². The summed E-state index contributed by atoms with van der Waals surface area (Å²) < 4.78 is 34.4. The van der Waals surface area contributed by atoms with Crippen molar-refractivity contribution in [2.45, 2.75) is 5.75 Å². The van der Waals surface area contributed by atoms with Crippen molar-refractivity contribution in [2.75, 3.05) is 7.11 Å². The van der Waals surface area contributed by atoms with Gasteiger partial charge in [-0.15, -0.1) is 0 Å². The molecule has 0 fully saturated rings. The molecule has 0 aliphatic heterocycles. The summed E-state index contributed by atoms with van der Waals surface area (Å²) in [6.07, 6.45) is 0. The minimum absolute atomic E-state index is 0.204. The van der Waals surface area contributed by atoms with E-state index in [9.17, 15) is 8.42 Å². The van der Waals surface area contributed by atoms with Gasteiger partial charge in [-0.3, -0.25) is 4.55 Å². The molecule has 6 heteroatoms. The quantitative estimate of drug-likeness (QED) is 0.635. The molecule has 0 spiro atoms. The summed E-state index contributed by atoms with van der Waals surface area (Å²) in [5.74, 6) is 0.870. The normalized spacial score (nSPS) is 11.3. The van der Waals surface area contributed by atoms with Crippen LogP contribution in [0.15, 0.2) is 24.3 Å². The average molecular weight is 234 g/mol. The summed E-state index contributed by atoms with van der Waals surface area (Å²) >= 11 is 0. The largest absolute Gasteiger partial charge is 0.497 e. The van der Waals surface area contributed by atoms with Gasteiger partial charge in [-0.2, -0.15) is 8.42 Å². The summed E-state index contributed by atoms with van der Waals surface area (Å²) in [5.41, 5.74) is 0.784. The van der Waals surface area contributed by atoms with E-state index in [2.05, 4.69) is 0 Å². The maximum absolute atomic E-state index is 10.4. The second-order valence-corrected chi connectivity index (χ2v) is 5.89. The number of rotatable bonds is 4. The third-order valence-electron chi connectivity index (χ3n) is 1.51. The van der Waals surface area contributed by atoms with E-state index in [1.54, 1.807) is 24.3 Å². The molecule has 0 aliphatic rings. The van der Waals surface area contributed by atoms with Crippen molar-refractivity contribution in [1.82, 2.24) is 0 Å². The number of hydrogen-bond acceptors (Lipinski definition) is 4. The first-order valence-electron chi connectivity index (χ1n) is 3.76. The molecule has 0 heterocycles. The fourth-order valence-electron chi connectivity index (χ4n) is 0.905. The molecule has 0 unspecified atom stereocenters. The fraction of sp³-hybridized carbons (Fsp3) is 0.250. The van der Waals surface area contributed by atoms with Crippen LogP contribution in [0.2, 0.25) is 0 Å². The highest BCUT2D eigenvalue weighted by molar-refractivity contribution is 8.69. The van der Waals surface area contributed by atoms with E-state index in [1.165, 1.54) is 7.11 Å². The van der Waals surface area contributed by atoms with Gasteiger partial charge in [-0.1, -0.05) is 12.1 Å². The van der Waals surface area contributed by atoms with Crippen molar-refractivity contribution in [1.29, 1.82) is 0 Å². The molecule has 1 aromatic carbocycles. The first-order valence-corrected chi connectivity index (χ1v) is 6.70. The Labute approximate surface area is 86.4 Å². The smallest absolute Gasteiger partial charge is 0.320 e. The van der Waals surface area contributed by atoms with Gasteiger partial charge in [0.05, 0.1) is 7.11 Å². The first-order chi connectivity index (χ1) is 6.51. The topological polar surface area (TPSA) is 63.6 Å². The van der Waals surface area contributed by atoms with Crippen molar-refractivity contribution < 1.29 is 17.7 Å². The van der Waals surface area contributed by atoms with Gasteiger partial charge in [0.1, 0.15) is 5.75 Å². The summed E-state index contributed by atoms with van der Waals surface area (Å²) in [7, 11) is -1.95. The van der Waals surface area contributed by atoms with Crippen LogP contribution in [-0.4, -0.2) is 20.1 Å². The van der Waals surface area contributed by atoms with E-state index in [4.69, 9.17) is 9.29 Å². The van der Waals surface area contributed by atoms with Gasteiger partial charge < -0.3 is 4.74 Å². The molecule has 0 amide bonds. The van der Waals surface area contributed by atoms with Gasteiger partial charge in [-0.25, -0.2) is 0 Å². The summed E-state index contributed by atoms with van der Waals surface area (Å²) in [4.78, 5) is 0. The van der Waals surface area contributed by atoms with Gasteiger partial charge in [0.2, 0.25) is 0 Å². The molecule has 78 valence electrons. The van der Waals surface area contributed by atoms with Crippen LogP contribution < -0.4 is 4.74 Å². The van der Waals surface area contributed by atoms with Crippen molar-refractivity contribution in [2.24, 2.45) is 0 Å². The Morgan fingerprint density at radius 2 is 2.21 bits per heavy atom. The zero-order valence-corrected chi connectivity index (χ0v) is 9.14. The third-order valence-corrected chi connectivity index (χ3v) is 3.50. The van der Waals surface area contributed by atoms with Crippen LogP contribution in [0.4, 0.5) is 0 Å². The lowest BCUT2D eigenvalue weighted by molar-refractivity contribution is 0.414. The van der Waals surface area contributed by atoms with Gasteiger partial charge in [0, 0.05) is 16.5 Å². The van der Waals surface area contributed by atoms with E-state index in [0.29, 0.717) is 16.5 Å². The Morgan fingerprint density at radius 3 is 2.79 bits per heavy atom. The molecular weight excluding hydrogens is 224 g/mol. The van der Waals surface area contributed by atoms with Crippen LogP contribution in [0.5, 0.6) is 5.75 Å². The number of ether oxygens (including phenoxy) is 1. The Kier molecular flexibility index (Phi) is 3.79. The van der Waals surface area contributed by atoms with Gasteiger partial charge >= 0.3 is 9.15 Å². The molecule has 0 atom stereocenters. The predicted octanol–water partition coefficient (Wildman–Crippen LogP) is 1.73. The lowest BCUT2D eigenvalue weighted by atomic mass is 10.2. The van der Waals surface area contributed by atoms with Crippen LogP contribution in [-0.2, 0) is 14.9 Å². The molecule has 0 aliphatic carbocycles. The molecule has 0 aromatic heterocycles. The Hall–Kier alpha value is -0.720.